The molecule has 3 aromatic rings. The number of benzene rings is 2. The second kappa shape index (κ2) is 6.23. The Hall–Kier alpha value is -1.93. The molecule has 0 unspecified atom stereocenters. The van der Waals surface area contributed by atoms with E-state index in [2.05, 4.69) is 42.0 Å². The summed E-state index contributed by atoms with van der Waals surface area (Å²) in [5.41, 5.74) is 2.58. The average molecular weight is 300 g/mol. The second-order valence-corrected chi connectivity index (χ2v) is 5.66. The van der Waals surface area contributed by atoms with Crippen LogP contribution in [0.5, 0.6) is 5.75 Å². The van der Waals surface area contributed by atoms with Crippen LogP contribution in [0.25, 0.3) is 10.9 Å². The van der Waals surface area contributed by atoms with E-state index in [1.807, 2.05) is 24.3 Å². The maximum absolute atomic E-state index is 5.85. The lowest BCUT2D eigenvalue weighted by Crippen LogP contribution is -2.03. The molecule has 21 heavy (non-hydrogen) atoms. The Morgan fingerprint density at radius 2 is 1.86 bits per heavy atom. The summed E-state index contributed by atoms with van der Waals surface area (Å²) in [5, 5.41) is 2.03. The molecule has 0 amide bonds. The number of nitrogens with zero attached hydrogens (tertiary/aromatic N) is 1. The van der Waals surface area contributed by atoms with Crippen molar-refractivity contribution in [2.24, 2.45) is 0 Å². The van der Waals surface area contributed by atoms with Gasteiger partial charge in [0.25, 0.3) is 0 Å². The molecule has 3 heteroatoms. The Bertz CT molecular complexity index is 731. The molecule has 1 aromatic heterocycles. The predicted molar refractivity (Wildman–Crippen MR) is 88.2 cm³/mol. The maximum atomic E-state index is 5.85. The van der Waals surface area contributed by atoms with E-state index in [0.29, 0.717) is 6.61 Å². The summed E-state index contributed by atoms with van der Waals surface area (Å²) >= 11 is 5.85. The third kappa shape index (κ3) is 3.40. The van der Waals surface area contributed by atoms with Crippen molar-refractivity contribution < 1.29 is 4.74 Å². The molecule has 0 radical (unpaired) electrons. The number of hydrogen-bond donors (Lipinski definition) is 0. The fourth-order valence-electron chi connectivity index (χ4n) is 2.47. The first-order valence-corrected chi connectivity index (χ1v) is 7.54. The van der Waals surface area contributed by atoms with Crippen LogP contribution >= 0.6 is 11.6 Å². The van der Waals surface area contributed by atoms with Gasteiger partial charge in [-0.1, -0.05) is 23.2 Å². The number of aromatic nitrogens is 1. The molecular weight excluding hydrogens is 282 g/mol. The molecule has 2 aromatic carbocycles. The fraction of sp³-hybridized carbons (Fsp3) is 0.222. The molecule has 0 saturated heterocycles. The summed E-state index contributed by atoms with van der Waals surface area (Å²) in [5.74, 6) is 0.868. The molecule has 0 fully saturated rings. The number of aryl methyl sites for hydroxylation is 2. The molecule has 0 atom stereocenters. The van der Waals surface area contributed by atoms with Crippen molar-refractivity contribution >= 4 is 22.5 Å². The quantitative estimate of drug-likeness (QED) is 0.600. The van der Waals surface area contributed by atoms with Gasteiger partial charge in [-0.05, 0) is 61.2 Å². The first-order valence-electron chi connectivity index (χ1n) is 7.16. The van der Waals surface area contributed by atoms with Gasteiger partial charge in [-0.2, -0.15) is 0 Å². The van der Waals surface area contributed by atoms with Gasteiger partial charge < -0.3 is 9.30 Å². The first-order chi connectivity index (χ1) is 10.2. The van der Waals surface area contributed by atoms with E-state index in [-0.39, 0.29) is 0 Å². The average Bonchev–Trinajstić information content (AvgIpc) is 2.87. The highest BCUT2D eigenvalue weighted by Gasteiger charge is 2.01. The summed E-state index contributed by atoms with van der Waals surface area (Å²) < 4.78 is 8.00. The van der Waals surface area contributed by atoms with Gasteiger partial charge in [0.05, 0.1) is 6.61 Å². The Morgan fingerprint density at radius 3 is 2.67 bits per heavy atom. The highest BCUT2D eigenvalue weighted by molar-refractivity contribution is 6.30. The van der Waals surface area contributed by atoms with E-state index < -0.39 is 0 Å². The van der Waals surface area contributed by atoms with Gasteiger partial charge in [0.15, 0.2) is 0 Å². The lowest BCUT2D eigenvalue weighted by molar-refractivity contribution is 0.302. The molecule has 0 aliphatic rings. The summed E-state index contributed by atoms with van der Waals surface area (Å²) in [6.07, 6.45) is 3.12. The van der Waals surface area contributed by atoms with Crippen molar-refractivity contribution in [3.8, 4) is 5.75 Å². The number of rotatable bonds is 5. The minimum Gasteiger partial charge on any atom is -0.494 e. The van der Waals surface area contributed by atoms with Gasteiger partial charge in [-0.25, -0.2) is 0 Å². The third-order valence-corrected chi connectivity index (χ3v) is 3.80. The zero-order valence-electron chi connectivity index (χ0n) is 12.1. The van der Waals surface area contributed by atoms with Crippen LogP contribution in [-0.2, 0) is 6.54 Å². The van der Waals surface area contributed by atoms with Crippen molar-refractivity contribution in [1.82, 2.24) is 4.57 Å². The monoisotopic (exact) mass is 299 g/mol. The maximum Gasteiger partial charge on any atom is 0.119 e. The molecule has 1 heterocycles. The van der Waals surface area contributed by atoms with Crippen LogP contribution in [0.15, 0.2) is 54.7 Å². The van der Waals surface area contributed by atoms with E-state index in [1.165, 1.54) is 16.5 Å². The molecule has 0 spiro atoms. The largest absolute Gasteiger partial charge is 0.494 e. The Balaban J connectivity index is 1.56. The van der Waals surface area contributed by atoms with Gasteiger partial charge in [0.1, 0.15) is 5.75 Å². The van der Waals surface area contributed by atoms with Crippen LogP contribution in [0.4, 0.5) is 0 Å². The van der Waals surface area contributed by atoms with Gasteiger partial charge >= 0.3 is 0 Å². The van der Waals surface area contributed by atoms with Crippen LogP contribution in [0, 0.1) is 6.92 Å². The Kier molecular flexibility index (Phi) is 4.16. The highest BCUT2D eigenvalue weighted by atomic mass is 35.5. The van der Waals surface area contributed by atoms with Crippen molar-refractivity contribution in [2.75, 3.05) is 6.61 Å². The minimum absolute atomic E-state index is 0.702. The molecular formula is C18H18ClNO. The van der Waals surface area contributed by atoms with E-state index in [9.17, 15) is 0 Å². The normalized spacial score (nSPS) is 11.0. The van der Waals surface area contributed by atoms with E-state index >= 15 is 0 Å². The van der Waals surface area contributed by atoms with Crippen LogP contribution in [0.3, 0.4) is 0 Å². The smallest absolute Gasteiger partial charge is 0.119 e. The molecule has 108 valence electrons. The van der Waals surface area contributed by atoms with Crippen LogP contribution < -0.4 is 4.74 Å². The Morgan fingerprint density at radius 1 is 1.05 bits per heavy atom. The van der Waals surface area contributed by atoms with Crippen molar-refractivity contribution in [3.63, 3.8) is 0 Å². The van der Waals surface area contributed by atoms with Crippen molar-refractivity contribution in [2.45, 2.75) is 19.9 Å². The zero-order chi connectivity index (χ0) is 14.7. The number of fused-ring (bicyclic) bond motifs is 1. The summed E-state index contributed by atoms with van der Waals surface area (Å²) in [4.78, 5) is 0. The zero-order valence-corrected chi connectivity index (χ0v) is 12.8. The third-order valence-electron chi connectivity index (χ3n) is 3.55. The molecule has 0 bridgehead atoms. The minimum atomic E-state index is 0.702. The number of halogens is 1. The fourth-order valence-corrected chi connectivity index (χ4v) is 2.60. The molecule has 0 aliphatic heterocycles. The summed E-state index contributed by atoms with van der Waals surface area (Å²) in [6, 6.07) is 16.2. The van der Waals surface area contributed by atoms with Crippen LogP contribution in [0.2, 0.25) is 5.02 Å². The van der Waals surface area contributed by atoms with Crippen molar-refractivity contribution in [1.29, 1.82) is 0 Å². The summed E-state index contributed by atoms with van der Waals surface area (Å²) in [7, 11) is 0. The van der Waals surface area contributed by atoms with Crippen LogP contribution in [-0.4, -0.2) is 11.2 Å². The summed E-state index contributed by atoms with van der Waals surface area (Å²) in [6.45, 7) is 3.78. The van der Waals surface area contributed by atoms with E-state index in [1.54, 1.807) is 0 Å². The van der Waals surface area contributed by atoms with Gasteiger partial charge in [0, 0.05) is 23.3 Å². The second-order valence-electron chi connectivity index (χ2n) is 5.23. The van der Waals surface area contributed by atoms with E-state index in [0.717, 1.165) is 23.7 Å². The standard InChI is InChI=1S/C18H18ClNO/c1-14-3-8-18-15(13-14)9-11-20(18)10-2-12-21-17-6-4-16(19)5-7-17/h3-9,11,13H,2,10,12H2,1H3. The molecule has 0 saturated carbocycles. The molecule has 3 rings (SSSR count). The number of hydrogen-bond acceptors (Lipinski definition) is 1. The van der Waals surface area contributed by atoms with Gasteiger partial charge in [0.2, 0.25) is 0 Å². The number of ether oxygens (including phenoxy) is 1. The van der Waals surface area contributed by atoms with E-state index in [4.69, 9.17) is 16.3 Å². The molecule has 0 N–H and O–H groups in total. The lowest BCUT2D eigenvalue weighted by atomic mass is 10.2. The SMILES string of the molecule is Cc1ccc2c(ccn2CCCOc2ccc(Cl)cc2)c1. The molecule has 2 nitrogen and oxygen atoms in total. The topological polar surface area (TPSA) is 14.2 Å². The van der Waals surface area contributed by atoms with Crippen LogP contribution in [0.1, 0.15) is 12.0 Å². The lowest BCUT2D eigenvalue weighted by Gasteiger charge is -2.08. The van der Waals surface area contributed by atoms with Gasteiger partial charge in [-0.15, -0.1) is 0 Å². The first kappa shape index (κ1) is 14.0. The van der Waals surface area contributed by atoms with Gasteiger partial charge in [-0.3, -0.25) is 0 Å². The predicted octanol–water partition coefficient (Wildman–Crippen LogP) is 5.07. The molecule has 0 aliphatic carbocycles. The van der Waals surface area contributed by atoms with Crippen molar-refractivity contribution in [3.05, 3.63) is 65.3 Å². The Labute approximate surface area is 129 Å². The highest BCUT2D eigenvalue weighted by Crippen LogP contribution is 2.18.